The highest BCUT2D eigenvalue weighted by Gasteiger charge is 2.22. The number of pyridine rings is 1. The first-order valence-electron chi connectivity index (χ1n) is 8.18. The molecule has 1 fully saturated rings. The quantitative estimate of drug-likeness (QED) is 0.904. The molecule has 0 aromatic carbocycles. The minimum Gasteiger partial charge on any atom is -0.370 e. The van der Waals surface area contributed by atoms with Gasteiger partial charge in [-0.25, -0.2) is 4.98 Å². The van der Waals surface area contributed by atoms with Crippen molar-refractivity contribution in [1.29, 1.82) is 0 Å². The second-order valence-electron chi connectivity index (χ2n) is 5.99. The summed E-state index contributed by atoms with van der Waals surface area (Å²) in [4.78, 5) is 19.2. The zero-order chi connectivity index (χ0) is 15.2. The third-order valence-corrected chi connectivity index (χ3v) is 4.06. The number of nitrogens with one attached hydrogen (secondary N) is 1. The Morgan fingerprint density at radius 1 is 1.33 bits per heavy atom. The fraction of sp³-hybridized carbons (Fsp3) is 0.647. The molecular weight excluding hydrogens is 262 g/mol. The maximum absolute atomic E-state index is 12.7. The van der Waals surface area contributed by atoms with E-state index in [9.17, 15) is 4.79 Å². The number of anilines is 1. The first-order chi connectivity index (χ1) is 10.1. The molecule has 116 valence electrons. The van der Waals surface area contributed by atoms with Gasteiger partial charge in [-0.1, -0.05) is 20.3 Å². The molecule has 1 saturated heterocycles. The van der Waals surface area contributed by atoms with Gasteiger partial charge in [-0.3, -0.25) is 4.79 Å². The van der Waals surface area contributed by atoms with E-state index in [1.165, 1.54) is 0 Å². The van der Waals surface area contributed by atoms with Crippen LogP contribution in [0.5, 0.6) is 0 Å². The number of aryl methyl sites for hydroxylation is 1. The number of likely N-dealkylation sites (tertiary alicyclic amines) is 1. The van der Waals surface area contributed by atoms with Gasteiger partial charge in [0.2, 0.25) is 0 Å². The van der Waals surface area contributed by atoms with Crippen molar-refractivity contribution in [3.8, 4) is 0 Å². The number of aromatic nitrogens is 1. The van der Waals surface area contributed by atoms with E-state index in [0.717, 1.165) is 68.3 Å². The predicted molar refractivity (Wildman–Crippen MR) is 86.7 cm³/mol. The van der Waals surface area contributed by atoms with Crippen LogP contribution in [0.4, 0.5) is 5.82 Å². The highest BCUT2D eigenvalue weighted by molar-refractivity contribution is 5.95. The van der Waals surface area contributed by atoms with Crippen LogP contribution in [0.2, 0.25) is 0 Å². The summed E-state index contributed by atoms with van der Waals surface area (Å²) in [6.45, 7) is 9.01. The Morgan fingerprint density at radius 3 is 2.67 bits per heavy atom. The van der Waals surface area contributed by atoms with Gasteiger partial charge in [-0.05, 0) is 44.2 Å². The van der Waals surface area contributed by atoms with Crippen LogP contribution in [0.15, 0.2) is 12.1 Å². The maximum Gasteiger partial charge on any atom is 0.254 e. The molecule has 2 heterocycles. The lowest BCUT2D eigenvalue weighted by Crippen LogP contribution is -2.38. The topological polar surface area (TPSA) is 45.2 Å². The minimum atomic E-state index is 0.154. The van der Waals surface area contributed by atoms with Gasteiger partial charge in [0.15, 0.2) is 0 Å². The van der Waals surface area contributed by atoms with E-state index in [1.807, 2.05) is 24.0 Å². The molecule has 0 spiro atoms. The molecule has 1 aromatic heterocycles. The van der Waals surface area contributed by atoms with Crippen molar-refractivity contribution in [3.63, 3.8) is 0 Å². The largest absolute Gasteiger partial charge is 0.370 e. The van der Waals surface area contributed by atoms with Crippen molar-refractivity contribution >= 4 is 11.7 Å². The number of nitrogens with zero attached hydrogens (tertiary/aromatic N) is 2. The molecule has 1 amide bonds. The Kier molecular flexibility index (Phi) is 5.59. The van der Waals surface area contributed by atoms with E-state index in [1.54, 1.807) is 0 Å². The number of rotatable bonds is 5. The van der Waals surface area contributed by atoms with Gasteiger partial charge >= 0.3 is 0 Å². The zero-order valence-corrected chi connectivity index (χ0v) is 13.5. The Bertz CT molecular complexity index is 455. The number of carbonyl (C=O) groups excluding carboxylic acids is 1. The molecule has 1 aromatic rings. The monoisotopic (exact) mass is 289 g/mol. The van der Waals surface area contributed by atoms with Gasteiger partial charge in [0, 0.05) is 30.9 Å². The van der Waals surface area contributed by atoms with Crippen molar-refractivity contribution in [2.45, 2.75) is 46.5 Å². The van der Waals surface area contributed by atoms with Crippen molar-refractivity contribution in [1.82, 2.24) is 9.88 Å². The van der Waals surface area contributed by atoms with Crippen LogP contribution < -0.4 is 5.32 Å². The van der Waals surface area contributed by atoms with Crippen LogP contribution in [-0.2, 0) is 6.42 Å². The number of piperidine rings is 1. The molecule has 4 heteroatoms. The molecule has 0 saturated carbocycles. The van der Waals surface area contributed by atoms with Gasteiger partial charge < -0.3 is 10.2 Å². The maximum atomic E-state index is 12.7. The zero-order valence-electron chi connectivity index (χ0n) is 13.5. The van der Waals surface area contributed by atoms with Crippen LogP contribution >= 0.6 is 0 Å². The van der Waals surface area contributed by atoms with E-state index in [4.69, 9.17) is 0 Å². The first kappa shape index (κ1) is 15.8. The molecule has 4 nitrogen and oxygen atoms in total. The van der Waals surface area contributed by atoms with Crippen molar-refractivity contribution in [3.05, 3.63) is 23.4 Å². The summed E-state index contributed by atoms with van der Waals surface area (Å²) in [5.41, 5.74) is 1.78. The van der Waals surface area contributed by atoms with E-state index >= 15 is 0 Å². The lowest BCUT2D eigenvalue weighted by atomic mass is 9.98. The fourth-order valence-corrected chi connectivity index (χ4v) is 2.76. The number of hydrogen-bond donors (Lipinski definition) is 1. The summed E-state index contributed by atoms with van der Waals surface area (Å²) in [5.74, 6) is 1.71. The van der Waals surface area contributed by atoms with Gasteiger partial charge in [-0.2, -0.15) is 0 Å². The summed E-state index contributed by atoms with van der Waals surface area (Å²) in [5, 5.41) is 3.23. The van der Waals surface area contributed by atoms with Gasteiger partial charge in [0.1, 0.15) is 5.82 Å². The minimum absolute atomic E-state index is 0.154. The molecule has 1 N–H and O–H groups in total. The summed E-state index contributed by atoms with van der Waals surface area (Å²) in [6, 6.07) is 3.85. The Morgan fingerprint density at radius 2 is 2.05 bits per heavy atom. The smallest absolute Gasteiger partial charge is 0.254 e. The molecule has 2 rings (SSSR count). The lowest BCUT2D eigenvalue weighted by Gasteiger charge is -2.30. The Balaban J connectivity index is 2.18. The summed E-state index contributed by atoms with van der Waals surface area (Å²) < 4.78 is 0. The van der Waals surface area contributed by atoms with E-state index in [0.29, 0.717) is 0 Å². The molecule has 0 bridgehead atoms. The third kappa shape index (κ3) is 4.19. The highest BCUT2D eigenvalue weighted by Crippen LogP contribution is 2.20. The lowest BCUT2D eigenvalue weighted by molar-refractivity contribution is 0.0697. The van der Waals surface area contributed by atoms with E-state index in [-0.39, 0.29) is 5.91 Å². The SMILES string of the molecule is CCCc1cc(C(=O)N2CCC(C)CC2)cc(NCC)n1. The normalized spacial score (nSPS) is 16.0. The van der Waals surface area contributed by atoms with Crippen LogP contribution in [0.3, 0.4) is 0 Å². The number of hydrogen-bond acceptors (Lipinski definition) is 3. The molecular formula is C17H27N3O. The second-order valence-corrected chi connectivity index (χ2v) is 5.99. The summed E-state index contributed by atoms with van der Waals surface area (Å²) in [6.07, 6.45) is 4.17. The van der Waals surface area contributed by atoms with Gasteiger partial charge in [-0.15, -0.1) is 0 Å². The Hall–Kier alpha value is -1.58. The average molecular weight is 289 g/mol. The summed E-state index contributed by atoms with van der Waals surface area (Å²) >= 11 is 0. The molecule has 1 aliphatic heterocycles. The second kappa shape index (κ2) is 7.43. The standard InChI is InChI=1S/C17H27N3O/c1-4-6-15-11-14(12-16(19-15)18-5-2)17(21)20-9-7-13(3)8-10-20/h11-13H,4-10H2,1-3H3,(H,18,19). The van der Waals surface area contributed by atoms with E-state index < -0.39 is 0 Å². The van der Waals surface area contributed by atoms with Crippen LogP contribution in [0.1, 0.15) is 56.1 Å². The van der Waals surface area contributed by atoms with Crippen molar-refractivity contribution in [2.75, 3.05) is 25.0 Å². The van der Waals surface area contributed by atoms with Gasteiger partial charge in [0.25, 0.3) is 5.91 Å². The molecule has 0 unspecified atom stereocenters. The van der Waals surface area contributed by atoms with Crippen LogP contribution in [0.25, 0.3) is 0 Å². The average Bonchev–Trinajstić information content (AvgIpc) is 2.48. The molecule has 0 atom stereocenters. The molecule has 0 radical (unpaired) electrons. The van der Waals surface area contributed by atoms with Crippen LogP contribution in [-0.4, -0.2) is 35.4 Å². The summed E-state index contributed by atoms with van der Waals surface area (Å²) in [7, 11) is 0. The number of carbonyl (C=O) groups is 1. The first-order valence-corrected chi connectivity index (χ1v) is 8.18. The number of amides is 1. The predicted octanol–water partition coefficient (Wildman–Crippen LogP) is 3.34. The van der Waals surface area contributed by atoms with Crippen LogP contribution in [0, 0.1) is 5.92 Å². The molecule has 0 aliphatic carbocycles. The third-order valence-electron chi connectivity index (χ3n) is 4.06. The van der Waals surface area contributed by atoms with Crippen molar-refractivity contribution < 1.29 is 4.79 Å². The molecule has 21 heavy (non-hydrogen) atoms. The Labute approximate surface area is 127 Å². The van der Waals surface area contributed by atoms with Crippen molar-refractivity contribution in [2.24, 2.45) is 5.92 Å². The van der Waals surface area contributed by atoms with Gasteiger partial charge in [0.05, 0.1) is 0 Å². The fourth-order valence-electron chi connectivity index (χ4n) is 2.76. The molecule has 1 aliphatic rings. The highest BCUT2D eigenvalue weighted by atomic mass is 16.2. The van der Waals surface area contributed by atoms with E-state index in [2.05, 4.69) is 24.1 Å².